The van der Waals surface area contributed by atoms with Crippen molar-refractivity contribution in [3.05, 3.63) is 167 Å². The van der Waals surface area contributed by atoms with Gasteiger partial charge in [0.2, 0.25) is 0 Å². The monoisotopic (exact) mass is 612 g/mol. The molecule has 7 nitrogen and oxygen atoms in total. The maximum absolute atomic E-state index is 13.3. The van der Waals surface area contributed by atoms with Gasteiger partial charge >= 0.3 is 5.97 Å². The number of benzene rings is 5. The van der Waals surface area contributed by atoms with E-state index in [1.807, 2.05) is 109 Å². The minimum Gasteiger partial charge on any atom is -0.492 e. The lowest BCUT2D eigenvalue weighted by Gasteiger charge is -2.23. The van der Waals surface area contributed by atoms with Crippen LogP contribution in [0.3, 0.4) is 0 Å². The number of hydrogen-bond donors (Lipinski definition) is 1. The van der Waals surface area contributed by atoms with E-state index >= 15 is 0 Å². The molecule has 5 aromatic rings. The normalized spacial score (nSPS) is 11.2. The van der Waals surface area contributed by atoms with Crippen molar-refractivity contribution in [1.82, 2.24) is 4.90 Å². The Hall–Kier alpha value is -5.69. The molecular formula is C39H36N2O5. The molecule has 1 atom stereocenters. The molecule has 0 saturated heterocycles. The number of esters is 1. The highest BCUT2D eigenvalue weighted by Gasteiger charge is 2.23. The lowest BCUT2D eigenvalue weighted by Crippen LogP contribution is -2.34. The number of methoxy groups -OCH3 is 1. The number of ether oxygens (including phenoxy) is 2. The summed E-state index contributed by atoms with van der Waals surface area (Å²) in [5.74, 6) is 0.0132. The molecule has 7 heteroatoms. The van der Waals surface area contributed by atoms with Crippen LogP contribution in [0, 0.1) is 0 Å². The average Bonchev–Trinajstić information content (AvgIpc) is 3.12. The number of nitrogens with zero attached hydrogens (tertiary/aromatic N) is 1. The van der Waals surface area contributed by atoms with E-state index in [2.05, 4.69) is 5.32 Å². The molecule has 1 amide bonds. The van der Waals surface area contributed by atoms with E-state index in [-0.39, 0.29) is 11.7 Å². The maximum atomic E-state index is 13.3. The number of amides is 1. The van der Waals surface area contributed by atoms with Gasteiger partial charge in [-0.1, -0.05) is 103 Å². The molecule has 5 rings (SSSR count). The van der Waals surface area contributed by atoms with Crippen LogP contribution in [0.15, 0.2) is 140 Å². The highest BCUT2D eigenvalue weighted by molar-refractivity contribution is 6.12. The van der Waals surface area contributed by atoms with Gasteiger partial charge in [0.05, 0.1) is 13.7 Å². The molecule has 5 aromatic carbocycles. The minimum atomic E-state index is -0.725. The first-order valence-electron chi connectivity index (χ1n) is 15.1. The molecule has 46 heavy (non-hydrogen) atoms. The summed E-state index contributed by atoms with van der Waals surface area (Å²) >= 11 is 0. The second-order valence-electron chi connectivity index (χ2n) is 10.7. The van der Waals surface area contributed by atoms with Crippen LogP contribution in [0.1, 0.15) is 37.4 Å². The molecule has 1 N–H and O–H groups in total. The third-order valence-electron chi connectivity index (χ3n) is 7.54. The fourth-order valence-electron chi connectivity index (χ4n) is 5.13. The van der Waals surface area contributed by atoms with Crippen LogP contribution in [0.2, 0.25) is 0 Å². The Morgan fingerprint density at radius 1 is 0.674 bits per heavy atom. The van der Waals surface area contributed by atoms with Gasteiger partial charge in [0, 0.05) is 35.3 Å². The van der Waals surface area contributed by atoms with Crippen LogP contribution >= 0.6 is 0 Å². The fourth-order valence-corrected chi connectivity index (χ4v) is 5.13. The first-order chi connectivity index (χ1) is 22.5. The summed E-state index contributed by atoms with van der Waals surface area (Å²) in [7, 11) is 1.35. The zero-order chi connectivity index (χ0) is 32.1. The Labute approximate surface area is 269 Å². The summed E-state index contributed by atoms with van der Waals surface area (Å²) in [6.45, 7) is 1.18. The van der Waals surface area contributed by atoms with Crippen LogP contribution in [-0.2, 0) is 22.5 Å². The van der Waals surface area contributed by atoms with Crippen molar-refractivity contribution >= 4 is 23.3 Å². The predicted molar refractivity (Wildman–Crippen MR) is 179 cm³/mol. The van der Waals surface area contributed by atoms with Crippen molar-refractivity contribution in [2.24, 2.45) is 0 Å². The van der Waals surface area contributed by atoms with Gasteiger partial charge in [-0.2, -0.15) is 0 Å². The number of ketones is 1. The van der Waals surface area contributed by atoms with Gasteiger partial charge in [0.1, 0.15) is 18.4 Å². The van der Waals surface area contributed by atoms with Crippen LogP contribution in [0.25, 0.3) is 0 Å². The van der Waals surface area contributed by atoms with E-state index < -0.39 is 12.0 Å². The standard InChI is InChI=1S/C39H36N2O5/c1-45-39(44)36(40-35-20-12-11-19-34(35)37(42)31-15-7-3-8-16-31)27-29-21-23-33(24-22-29)46-26-25-41(28-30-13-5-2-6-14-30)38(43)32-17-9-4-10-18-32/h2-24,36,40H,25-28H2,1H3. The highest BCUT2D eigenvalue weighted by atomic mass is 16.5. The molecule has 0 spiro atoms. The van der Waals surface area contributed by atoms with Crippen molar-refractivity contribution < 1.29 is 23.9 Å². The first kappa shape index (κ1) is 31.7. The van der Waals surface area contributed by atoms with E-state index in [0.717, 1.165) is 11.1 Å². The molecule has 1 unspecified atom stereocenters. The molecule has 0 aliphatic rings. The van der Waals surface area contributed by atoms with Gasteiger partial charge in [0.25, 0.3) is 5.91 Å². The Morgan fingerprint density at radius 3 is 1.91 bits per heavy atom. The first-order valence-corrected chi connectivity index (χ1v) is 15.1. The SMILES string of the molecule is COC(=O)C(Cc1ccc(OCCN(Cc2ccccc2)C(=O)c2ccccc2)cc1)Nc1ccccc1C(=O)c1ccccc1. The molecule has 0 aliphatic heterocycles. The number of anilines is 1. The second-order valence-corrected chi connectivity index (χ2v) is 10.7. The summed E-state index contributed by atoms with van der Waals surface area (Å²) < 4.78 is 11.1. The largest absolute Gasteiger partial charge is 0.492 e. The van der Waals surface area contributed by atoms with Gasteiger partial charge in [-0.25, -0.2) is 4.79 Å². The Kier molecular flexibility index (Phi) is 10.9. The number of carbonyl (C=O) groups is 3. The number of para-hydroxylation sites is 1. The Balaban J connectivity index is 1.22. The van der Waals surface area contributed by atoms with Crippen molar-refractivity contribution in [1.29, 1.82) is 0 Å². The van der Waals surface area contributed by atoms with Gasteiger partial charge in [-0.3, -0.25) is 9.59 Å². The zero-order valence-corrected chi connectivity index (χ0v) is 25.7. The van der Waals surface area contributed by atoms with Crippen molar-refractivity contribution in [3.63, 3.8) is 0 Å². The summed E-state index contributed by atoms with van der Waals surface area (Å²) in [6.07, 6.45) is 0.331. The van der Waals surface area contributed by atoms with Gasteiger partial charge < -0.3 is 19.7 Å². The molecule has 0 radical (unpaired) electrons. The Bertz CT molecular complexity index is 1730. The van der Waals surface area contributed by atoms with Gasteiger partial charge in [-0.05, 0) is 47.5 Å². The van der Waals surface area contributed by atoms with E-state index in [0.29, 0.717) is 54.2 Å². The minimum absolute atomic E-state index is 0.0585. The molecular weight excluding hydrogens is 576 g/mol. The lowest BCUT2D eigenvalue weighted by molar-refractivity contribution is -0.141. The number of carbonyl (C=O) groups excluding carboxylic acids is 3. The van der Waals surface area contributed by atoms with Crippen LogP contribution < -0.4 is 10.1 Å². The fraction of sp³-hybridized carbons (Fsp3) is 0.154. The molecule has 0 heterocycles. The molecule has 0 fully saturated rings. The Morgan fingerprint density at radius 2 is 1.26 bits per heavy atom. The number of rotatable bonds is 14. The molecule has 0 aliphatic carbocycles. The molecule has 0 saturated carbocycles. The van der Waals surface area contributed by atoms with Crippen molar-refractivity contribution in [2.75, 3.05) is 25.6 Å². The van der Waals surface area contributed by atoms with Crippen LogP contribution in [-0.4, -0.2) is 48.9 Å². The van der Waals surface area contributed by atoms with E-state index in [1.165, 1.54) is 7.11 Å². The predicted octanol–water partition coefficient (Wildman–Crippen LogP) is 6.84. The van der Waals surface area contributed by atoms with Crippen molar-refractivity contribution in [3.8, 4) is 5.75 Å². The summed E-state index contributed by atoms with van der Waals surface area (Å²) in [5.41, 5.74) is 4.14. The zero-order valence-electron chi connectivity index (χ0n) is 25.7. The third-order valence-corrected chi connectivity index (χ3v) is 7.54. The maximum Gasteiger partial charge on any atom is 0.328 e. The molecule has 232 valence electrons. The van der Waals surface area contributed by atoms with E-state index in [1.54, 1.807) is 35.2 Å². The van der Waals surface area contributed by atoms with Gasteiger partial charge in [-0.15, -0.1) is 0 Å². The van der Waals surface area contributed by atoms with Crippen LogP contribution in [0.5, 0.6) is 5.75 Å². The van der Waals surface area contributed by atoms with Crippen molar-refractivity contribution in [2.45, 2.75) is 19.0 Å². The number of nitrogens with one attached hydrogen (secondary N) is 1. The van der Waals surface area contributed by atoms with Gasteiger partial charge in [0.15, 0.2) is 5.78 Å². The summed E-state index contributed by atoms with van der Waals surface area (Å²) in [6, 6.07) is 42.0. The van der Waals surface area contributed by atoms with E-state index in [4.69, 9.17) is 9.47 Å². The highest BCUT2D eigenvalue weighted by Crippen LogP contribution is 2.22. The molecule has 0 aromatic heterocycles. The molecule has 0 bridgehead atoms. The smallest absolute Gasteiger partial charge is 0.328 e. The average molecular weight is 613 g/mol. The summed E-state index contributed by atoms with van der Waals surface area (Å²) in [5, 5.41) is 3.24. The summed E-state index contributed by atoms with van der Waals surface area (Å²) in [4.78, 5) is 41.1. The second kappa shape index (κ2) is 15.9. The topological polar surface area (TPSA) is 84.9 Å². The quantitative estimate of drug-likeness (QED) is 0.109. The number of hydrogen-bond acceptors (Lipinski definition) is 6. The lowest BCUT2D eigenvalue weighted by atomic mass is 10.00. The van der Waals surface area contributed by atoms with E-state index in [9.17, 15) is 14.4 Å². The van der Waals surface area contributed by atoms with Crippen LogP contribution in [0.4, 0.5) is 5.69 Å². The third kappa shape index (κ3) is 8.48.